The second kappa shape index (κ2) is 7.59. The summed E-state index contributed by atoms with van der Waals surface area (Å²) >= 11 is 0. The van der Waals surface area contributed by atoms with Crippen molar-refractivity contribution in [2.45, 2.75) is 6.54 Å². The van der Waals surface area contributed by atoms with Gasteiger partial charge < -0.3 is 19.9 Å². The summed E-state index contributed by atoms with van der Waals surface area (Å²) in [4.78, 5) is 29.6. The molecule has 0 amide bonds. The van der Waals surface area contributed by atoms with Gasteiger partial charge in [0, 0.05) is 51.3 Å². The molecule has 0 unspecified atom stereocenters. The van der Waals surface area contributed by atoms with Gasteiger partial charge in [-0.1, -0.05) is 0 Å². The summed E-state index contributed by atoms with van der Waals surface area (Å²) in [6.07, 6.45) is 4.22. The lowest BCUT2D eigenvalue weighted by Crippen LogP contribution is -2.44. The van der Waals surface area contributed by atoms with E-state index in [4.69, 9.17) is 0 Å². The molecule has 3 aromatic rings. The number of nitrogens with zero attached hydrogens (tertiary/aromatic N) is 3. The molecular weight excluding hydrogens is 382 g/mol. The minimum atomic E-state index is -1.45. The van der Waals surface area contributed by atoms with Gasteiger partial charge in [-0.25, -0.2) is 13.6 Å². The van der Waals surface area contributed by atoms with Crippen LogP contribution in [0.15, 0.2) is 41.6 Å². The molecule has 1 aliphatic heterocycles. The Morgan fingerprint density at radius 1 is 1.21 bits per heavy atom. The monoisotopic (exact) mass is 400 g/mol. The third-order valence-electron chi connectivity index (χ3n) is 5.00. The number of hydrogen-bond donors (Lipinski definition) is 2. The minimum absolute atomic E-state index is 0.100. The summed E-state index contributed by atoms with van der Waals surface area (Å²) < 4.78 is 31.7. The molecule has 0 bridgehead atoms. The lowest BCUT2D eigenvalue weighted by molar-refractivity contribution is 0.0695. The van der Waals surface area contributed by atoms with Gasteiger partial charge in [-0.05, 0) is 23.8 Å². The number of rotatable bonds is 4. The van der Waals surface area contributed by atoms with Crippen molar-refractivity contribution in [3.63, 3.8) is 0 Å². The van der Waals surface area contributed by atoms with Crippen molar-refractivity contribution < 1.29 is 18.7 Å². The maximum absolute atomic E-state index is 15.6. The van der Waals surface area contributed by atoms with Crippen LogP contribution >= 0.6 is 0 Å². The average molecular weight is 400 g/mol. The highest BCUT2D eigenvalue weighted by Crippen LogP contribution is 2.30. The molecule has 1 saturated heterocycles. The van der Waals surface area contributed by atoms with Crippen LogP contribution in [0.3, 0.4) is 0 Å². The Labute approximate surface area is 164 Å². The minimum Gasteiger partial charge on any atom is -0.477 e. The number of benzene rings is 1. The molecule has 0 saturated carbocycles. The number of fused-ring (bicyclic) bond motifs is 1. The summed E-state index contributed by atoms with van der Waals surface area (Å²) in [5.41, 5.74) is -1.05. The standard InChI is InChI=1S/C20H18F2N4O3/c21-15-9-13-17(16(22)18(15)25-7-5-24-6-8-25)26(10-12-1-3-23-4-2-12)11-14(19(13)27)20(28)29/h1-4,9,11,24H,5-8,10H2,(H,28,29). The first kappa shape index (κ1) is 19.0. The van der Waals surface area contributed by atoms with Crippen molar-refractivity contribution in [3.05, 3.63) is 69.8 Å². The van der Waals surface area contributed by atoms with Crippen LogP contribution in [0.4, 0.5) is 14.5 Å². The van der Waals surface area contributed by atoms with Gasteiger partial charge in [0.15, 0.2) is 5.82 Å². The molecule has 0 radical (unpaired) electrons. The first-order valence-corrected chi connectivity index (χ1v) is 9.10. The van der Waals surface area contributed by atoms with E-state index in [-0.39, 0.29) is 23.1 Å². The Balaban J connectivity index is 1.99. The van der Waals surface area contributed by atoms with Crippen LogP contribution in [-0.4, -0.2) is 46.8 Å². The summed E-state index contributed by atoms with van der Waals surface area (Å²) in [6, 6.07) is 4.33. The van der Waals surface area contributed by atoms with Crippen LogP contribution in [0.2, 0.25) is 0 Å². The number of halogens is 2. The van der Waals surface area contributed by atoms with Crippen molar-refractivity contribution in [1.82, 2.24) is 14.9 Å². The second-order valence-electron chi connectivity index (χ2n) is 6.81. The van der Waals surface area contributed by atoms with E-state index in [1.54, 1.807) is 29.4 Å². The number of nitrogens with one attached hydrogen (secondary N) is 1. The first-order chi connectivity index (χ1) is 14.0. The van der Waals surface area contributed by atoms with Gasteiger partial charge in [-0.3, -0.25) is 9.78 Å². The molecule has 2 N–H and O–H groups in total. The topological polar surface area (TPSA) is 87.5 Å². The Hall–Kier alpha value is -3.33. The van der Waals surface area contributed by atoms with E-state index >= 15 is 4.39 Å². The van der Waals surface area contributed by atoms with Gasteiger partial charge in [0.1, 0.15) is 17.1 Å². The summed E-state index contributed by atoms with van der Waals surface area (Å²) in [5.74, 6) is -3.20. The number of piperazine rings is 1. The van der Waals surface area contributed by atoms with E-state index in [1.165, 1.54) is 4.57 Å². The normalized spacial score (nSPS) is 14.3. The van der Waals surface area contributed by atoms with Crippen molar-refractivity contribution >= 4 is 22.6 Å². The van der Waals surface area contributed by atoms with Gasteiger partial charge >= 0.3 is 5.97 Å². The van der Waals surface area contributed by atoms with E-state index in [1.807, 2.05) is 0 Å². The molecule has 2 aromatic heterocycles. The molecule has 7 nitrogen and oxygen atoms in total. The van der Waals surface area contributed by atoms with E-state index in [0.717, 1.165) is 17.8 Å². The number of hydrogen-bond acceptors (Lipinski definition) is 5. The summed E-state index contributed by atoms with van der Waals surface area (Å²) in [6.45, 7) is 2.10. The van der Waals surface area contributed by atoms with Crippen LogP contribution < -0.4 is 15.6 Å². The summed E-state index contributed by atoms with van der Waals surface area (Å²) in [5, 5.41) is 12.2. The van der Waals surface area contributed by atoms with Crippen molar-refractivity contribution in [1.29, 1.82) is 0 Å². The third-order valence-corrected chi connectivity index (χ3v) is 5.00. The van der Waals surface area contributed by atoms with E-state index < -0.39 is 28.6 Å². The van der Waals surface area contributed by atoms with E-state index in [0.29, 0.717) is 26.2 Å². The largest absolute Gasteiger partial charge is 0.477 e. The number of aromatic nitrogens is 2. The van der Waals surface area contributed by atoms with E-state index in [9.17, 15) is 19.1 Å². The molecule has 0 spiro atoms. The molecule has 150 valence electrons. The Kier molecular flexibility index (Phi) is 4.98. The van der Waals surface area contributed by atoms with Crippen molar-refractivity contribution in [2.24, 2.45) is 0 Å². The summed E-state index contributed by atoms with van der Waals surface area (Å²) in [7, 11) is 0. The van der Waals surface area contributed by atoms with Gasteiger partial charge in [-0.15, -0.1) is 0 Å². The molecule has 1 aromatic carbocycles. The molecule has 0 atom stereocenters. The Morgan fingerprint density at radius 2 is 1.90 bits per heavy atom. The fourth-order valence-electron chi connectivity index (χ4n) is 3.62. The molecule has 9 heteroatoms. The maximum Gasteiger partial charge on any atom is 0.341 e. The number of carboxylic acid groups (broad SMARTS) is 1. The van der Waals surface area contributed by atoms with Crippen molar-refractivity contribution in [3.8, 4) is 0 Å². The predicted octanol–water partition coefficient (Wildman–Crippen LogP) is 1.83. The number of anilines is 1. The van der Waals surface area contributed by atoms with Crippen LogP contribution in [0.25, 0.3) is 10.9 Å². The number of carbonyl (C=O) groups is 1. The van der Waals surface area contributed by atoms with Crippen LogP contribution in [0.5, 0.6) is 0 Å². The molecule has 0 aliphatic carbocycles. The van der Waals surface area contributed by atoms with Crippen LogP contribution in [-0.2, 0) is 6.54 Å². The lowest BCUT2D eigenvalue weighted by Gasteiger charge is -2.30. The third kappa shape index (κ3) is 3.44. The SMILES string of the molecule is O=C(O)c1cn(Cc2ccncc2)c2c(F)c(N3CCNCC3)c(F)cc2c1=O. The first-order valence-electron chi connectivity index (χ1n) is 9.10. The highest BCUT2D eigenvalue weighted by atomic mass is 19.1. The lowest BCUT2D eigenvalue weighted by atomic mass is 10.1. The maximum atomic E-state index is 15.6. The Bertz CT molecular complexity index is 1140. The molecule has 3 heterocycles. The van der Waals surface area contributed by atoms with Crippen molar-refractivity contribution in [2.75, 3.05) is 31.1 Å². The van der Waals surface area contributed by atoms with Gasteiger partial charge in [-0.2, -0.15) is 0 Å². The molecule has 1 aliphatic rings. The smallest absolute Gasteiger partial charge is 0.341 e. The number of carboxylic acids is 1. The van der Waals surface area contributed by atoms with Gasteiger partial charge in [0.05, 0.1) is 10.9 Å². The fourth-order valence-corrected chi connectivity index (χ4v) is 3.62. The zero-order chi connectivity index (χ0) is 20.5. The quantitative estimate of drug-likeness (QED) is 0.695. The molecular formula is C20H18F2N4O3. The van der Waals surface area contributed by atoms with Gasteiger partial charge in [0.25, 0.3) is 0 Å². The molecule has 29 heavy (non-hydrogen) atoms. The number of aromatic carboxylic acids is 1. The predicted molar refractivity (Wildman–Crippen MR) is 104 cm³/mol. The molecule has 4 rings (SSSR count). The fraction of sp³-hybridized carbons (Fsp3) is 0.250. The highest BCUT2D eigenvalue weighted by molar-refractivity contribution is 5.94. The second-order valence-corrected chi connectivity index (χ2v) is 6.81. The van der Waals surface area contributed by atoms with Crippen LogP contribution in [0.1, 0.15) is 15.9 Å². The zero-order valence-electron chi connectivity index (χ0n) is 15.4. The van der Waals surface area contributed by atoms with E-state index in [2.05, 4.69) is 10.3 Å². The Morgan fingerprint density at radius 3 is 2.55 bits per heavy atom. The highest BCUT2D eigenvalue weighted by Gasteiger charge is 2.25. The number of pyridine rings is 2. The zero-order valence-corrected chi connectivity index (χ0v) is 15.4. The molecule has 1 fully saturated rings. The average Bonchev–Trinajstić information content (AvgIpc) is 2.71. The van der Waals surface area contributed by atoms with Gasteiger partial charge in [0.2, 0.25) is 5.43 Å². The van der Waals surface area contributed by atoms with Crippen LogP contribution in [0, 0.1) is 11.6 Å².